The van der Waals surface area contributed by atoms with E-state index in [1.165, 1.54) is 6.07 Å². The molecule has 4 atom stereocenters. The predicted octanol–water partition coefficient (Wildman–Crippen LogP) is -1.39. The van der Waals surface area contributed by atoms with Crippen LogP contribution < -0.4 is 11.4 Å². The molecule has 10 nitrogen and oxygen atoms in total. The molecule has 0 aliphatic carbocycles. The fourth-order valence-corrected chi connectivity index (χ4v) is 2.53. The number of hydrogen-bond acceptors (Lipinski definition) is 7. The largest absolute Gasteiger partial charge is 0.394 e. The summed E-state index contributed by atoms with van der Waals surface area (Å²) in [6.45, 7) is 0. The Labute approximate surface area is 127 Å². The van der Waals surface area contributed by atoms with E-state index < -0.39 is 49.9 Å². The van der Waals surface area contributed by atoms with Crippen molar-refractivity contribution in [2.45, 2.75) is 36.6 Å². The third-order valence-electron chi connectivity index (χ3n) is 3.34. The van der Waals surface area contributed by atoms with Gasteiger partial charge in [-0.05, 0) is 6.07 Å². The highest BCUT2D eigenvalue weighted by molar-refractivity contribution is 7.53. The summed E-state index contributed by atoms with van der Waals surface area (Å²) in [5.74, 6) is -0.121. The van der Waals surface area contributed by atoms with E-state index >= 15 is 0 Å². The molecule has 130 valence electrons. The van der Waals surface area contributed by atoms with E-state index in [9.17, 15) is 28.4 Å². The van der Waals surface area contributed by atoms with Crippen molar-refractivity contribution in [1.82, 2.24) is 9.55 Å². The van der Waals surface area contributed by atoms with Gasteiger partial charge in [0.1, 0.15) is 18.0 Å². The van der Waals surface area contributed by atoms with Gasteiger partial charge in [0, 0.05) is 6.20 Å². The molecule has 0 saturated carbocycles. The Kier molecular flexibility index (Phi) is 4.59. The minimum atomic E-state index is -5.78. The summed E-state index contributed by atoms with van der Waals surface area (Å²) in [6, 6.07) is 1.18. The molecule has 1 aliphatic heterocycles. The van der Waals surface area contributed by atoms with Crippen LogP contribution in [0.5, 0.6) is 0 Å². The van der Waals surface area contributed by atoms with Crippen molar-refractivity contribution in [3.05, 3.63) is 22.7 Å². The van der Waals surface area contributed by atoms with E-state index in [0.29, 0.717) is 0 Å². The lowest BCUT2D eigenvalue weighted by Crippen LogP contribution is -2.36. The lowest BCUT2D eigenvalue weighted by Gasteiger charge is -2.22. The van der Waals surface area contributed by atoms with Crippen LogP contribution in [-0.4, -0.2) is 53.5 Å². The van der Waals surface area contributed by atoms with Crippen LogP contribution in [0.25, 0.3) is 0 Å². The van der Waals surface area contributed by atoms with Crippen LogP contribution >= 0.6 is 7.60 Å². The van der Waals surface area contributed by atoms with Crippen LogP contribution in [-0.2, 0) is 9.30 Å². The van der Waals surface area contributed by atoms with Crippen molar-refractivity contribution in [3.8, 4) is 0 Å². The van der Waals surface area contributed by atoms with Gasteiger partial charge < -0.3 is 30.5 Å². The number of nitrogen functional groups attached to an aromatic ring is 1. The molecule has 13 heteroatoms. The van der Waals surface area contributed by atoms with E-state index in [4.69, 9.17) is 20.3 Å². The Morgan fingerprint density at radius 3 is 2.52 bits per heavy atom. The second-order valence-electron chi connectivity index (χ2n) is 5.00. The SMILES string of the molecule is Nc1ccn([C@@H]2O[C@H](CC(F)(F)P(=O)(O)O)[C@@H](O)[C@H]2O)c(=O)n1. The number of hydrogen-bond donors (Lipinski definition) is 5. The molecule has 1 aromatic heterocycles. The molecule has 0 bridgehead atoms. The van der Waals surface area contributed by atoms with Gasteiger partial charge in [-0.25, -0.2) is 4.79 Å². The third-order valence-corrected chi connectivity index (χ3v) is 4.37. The molecule has 2 heterocycles. The van der Waals surface area contributed by atoms with Crippen molar-refractivity contribution in [2.24, 2.45) is 0 Å². The number of anilines is 1. The van der Waals surface area contributed by atoms with Crippen LogP contribution in [0.1, 0.15) is 12.6 Å². The second kappa shape index (κ2) is 5.89. The predicted molar refractivity (Wildman–Crippen MR) is 70.4 cm³/mol. The number of aromatic nitrogens is 2. The lowest BCUT2D eigenvalue weighted by molar-refractivity contribution is -0.0709. The molecule has 2 rings (SSSR count). The van der Waals surface area contributed by atoms with E-state index in [-0.39, 0.29) is 5.82 Å². The highest BCUT2D eigenvalue weighted by Crippen LogP contribution is 2.56. The summed E-state index contributed by atoms with van der Waals surface area (Å²) in [6.07, 6.45) is -7.49. The lowest BCUT2D eigenvalue weighted by atomic mass is 10.1. The van der Waals surface area contributed by atoms with Crippen LogP contribution in [0, 0.1) is 0 Å². The molecule has 1 aromatic rings. The molecule has 1 aliphatic rings. The fraction of sp³-hybridized carbons (Fsp3) is 0.600. The summed E-state index contributed by atoms with van der Waals surface area (Å²) < 4.78 is 43.3. The van der Waals surface area contributed by atoms with Crippen molar-refractivity contribution in [2.75, 3.05) is 5.73 Å². The summed E-state index contributed by atoms with van der Waals surface area (Å²) >= 11 is 0. The number of alkyl halides is 2. The van der Waals surface area contributed by atoms with Crippen LogP contribution in [0.15, 0.2) is 17.1 Å². The highest BCUT2D eigenvalue weighted by atomic mass is 31.2. The Hall–Kier alpha value is -1.43. The van der Waals surface area contributed by atoms with Gasteiger partial charge >= 0.3 is 18.9 Å². The number of ether oxygens (including phenoxy) is 1. The standard InChI is InChI=1S/C10H14F2N3O7P/c11-10(12,23(19,20)21)3-4-6(16)7(17)8(22-4)15-2-1-5(13)14-9(15)18/h1-2,4,6-8,16-17H,3H2,(H2,13,14,18)(H2,19,20,21)/t4-,6-,7-,8-/m1/s1. The molecule has 0 spiro atoms. The molecule has 1 saturated heterocycles. The third kappa shape index (κ3) is 3.42. The van der Waals surface area contributed by atoms with Gasteiger partial charge in [0.05, 0.1) is 12.5 Å². The Bertz CT molecular complexity index is 693. The zero-order chi connectivity index (χ0) is 17.6. The maximum atomic E-state index is 13.4. The summed E-state index contributed by atoms with van der Waals surface area (Å²) in [5, 5.41) is 19.6. The van der Waals surface area contributed by atoms with E-state index in [1.807, 2.05) is 0 Å². The number of rotatable bonds is 4. The van der Waals surface area contributed by atoms with Gasteiger partial charge in [-0.3, -0.25) is 9.13 Å². The van der Waals surface area contributed by atoms with Crippen LogP contribution in [0.4, 0.5) is 14.6 Å². The van der Waals surface area contributed by atoms with Gasteiger partial charge in [-0.1, -0.05) is 0 Å². The summed E-state index contributed by atoms with van der Waals surface area (Å²) in [7, 11) is -5.78. The molecule has 0 amide bonds. The molecule has 0 unspecified atom stereocenters. The normalized spacial score (nSPS) is 29.0. The number of halogens is 2. The van der Waals surface area contributed by atoms with E-state index in [2.05, 4.69) is 4.98 Å². The van der Waals surface area contributed by atoms with Gasteiger partial charge in [0.25, 0.3) is 0 Å². The van der Waals surface area contributed by atoms with Gasteiger partial charge in [0.15, 0.2) is 6.23 Å². The van der Waals surface area contributed by atoms with E-state index in [0.717, 1.165) is 10.8 Å². The maximum absolute atomic E-state index is 13.4. The number of nitrogens with zero attached hydrogens (tertiary/aromatic N) is 2. The van der Waals surface area contributed by atoms with Crippen molar-refractivity contribution in [3.63, 3.8) is 0 Å². The van der Waals surface area contributed by atoms with Crippen LogP contribution in [0.2, 0.25) is 0 Å². The molecule has 0 aromatic carbocycles. The van der Waals surface area contributed by atoms with Crippen molar-refractivity contribution in [1.29, 1.82) is 0 Å². The van der Waals surface area contributed by atoms with Crippen LogP contribution in [0.3, 0.4) is 0 Å². The smallest absolute Gasteiger partial charge is 0.388 e. The molecular formula is C10H14F2N3O7P. The maximum Gasteiger partial charge on any atom is 0.394 e. The molecule has 23 heavy (non-hydrogen) atoms. The quantitative estimate of drug-likeness (QED) is 0.407. The summed E-state index contributed by atoms with van der Waals surface area (Å²) in [4.78, 5) is 32.2. The minimum absolute atomic E-state index is 0.121. The Balaban J connectivity index is 2.25. The number of nitrogens with two attached hydrogens (primary N) is 1. The van der Waals surface area contributed by atoms with Crippen molar-refractivity contribution >= 4 is 13.4 Å². The average molecular weight is 357 g/mol. The van der Waals surface area contributed by atoms with Gasteiger partial charge in [-0.15, -0.1) is 0 Å². The number of aliphatic hydroxyl groups is 2. The number of aliphatic hydroxyl groups excluding tert-OH is 2. The van der Waals surface area contributed by atoms with Gasteiger partial charge in [-0.2, -0.15) is 13.8 Å². The average Bonchev–Trinajstić information content (AvgIpc) is 2.65. The minimum Gasteiger partial charge on any atom is -0.388 e. The van der Waals surface area contributed by atoms with E-state index in [1.54, 1.807) is 0 Å². The summed E-state index contributed by atoms with van der Waals surface area (Å²) in [5.41, 5.74) is -0.132. The molecule has 1 fully saturated rings. The first kappa shape index (κ1) is 17.9. The zero-order valence-electron chi connectivity index (χ0n) is 11.4. The monoisotopic (exact) mass is 357 g/mol. The molecule has 0 radical (unpaired) electrons. The Morgan fingerprint density at radius 1 is 1.39 bits per heavy atom. The van der Waals surface area contributed by atoms with Crippen molar-refractivity contribution < 1.29 is 38.1 Å². The first-order valence-corrected chi connectivity index (χ1v) is 7.85. The molecule has 6 N–H and O–H groups in total. The molecular weight excluding hydrogens is 343 g/mol. The highest BCUT2D eigenvalue weighted by Gasteiger charge is 2.55. The zero-order valence-corrected chi connectivity index (χ0v) is 12.3. The first-order chi connectivity index (χ1) is 10.4. The van der Waals surface area contributed by atoms with Gasteiger partial charge in [0.2, 0.25) is 0 Å². The first-order valence-electron chi connectivity index (χ1n) is 6.24. The Morgan fingerprint density at radius 2 is 2.00 bits per heavy atom. The topological polar surface area (TPSA) is 168 Å². The fourth-order valence-electron chi connectivity index (χ4n) is 2.11. The second-order valence-corrected chi connectivity index (χ2v) is 6.74.